The maximum atomic E-state index is 13.4. The van der Waals surface area contributed by atoms with Gasteiger partial charge in [-0.2, -0.15) is 5.26 Å². The lowest BCUT2D eigenvalue weighted by molar-refractivity contribution is 0.512. The summed E-state index contributed by atoms with van der Waals surface area (Å²) in [5.74, 6) is -1.91. The van der Waals surface area contributed by atoms with E-state index in [1.54, 1.807) is 0 Å². The van der Waals surface area contributed by atoms with Crippen molar-refractivity contribution in [3.8, 4) is 6.07 Å². The number of nitrogen functional groups attached to an aromatic ring is 1. The second-order valence-electron chi connectivity index (χ2n) is 3.64. The van der Waals surface area contributed by atoms with Crippen molar-refractivity contribution in [3.63, 3.8) is 0 Å². The second kappa shape index (κ2) is 4.72. The summed E-state index contributed by atoms with van der Waals surface area (Å²) in [7, 11) is 0. The molecule has 0 unspecified atom stereocenters. The van der Waals surface area contributed by atoms with Crippen molar-refractivity contribution in [1.82, 2.24) is 0 Å². The van der Waals surface area contributed by atoms with E-state index in [0.717, 1.165) is 6.07 Å². The Morgan fingerprint density at radius 1 is 1.11 bits per heavy atom. The smallest absolute Gasteiger partial charge is 0.182 e. The van der Waals surface area contributed by atoms with Crippen LogP contribution < -0.4 is 11.1 Å². The molecule has 0 spiro atoms. The van der Waals surface area contributed by atoms with E-state index in [1.165, 1.54) is 30.3 Å². The molecule has 3 nitrogen and oxygen atoms in total. The molecule has 0 saturated carbocycles. The zero-order valence-electron chi connectivity index (χ0n) is 9.24. The van der Waals surface area contributed by atoms with Gasteiger partial charge in [0, 0.05) is 0 Å². The molecule has 0 heterocycles. The summed E-state index contributed by atoms with van der Waals surface area (Å²) in [4.78, 5) is 0. The third-order valence-electron chi connectivity index (χ3n) is 2.40. The number of rotatable bonds is 2. The summed E-state index contributed by atoms with van der Waals surface area (Å²) in [6.07, 6.45) is 0. The minimum atomic E-state index is -0.971. The lowest BCUT2D eigenvalue weighted by Crippen LogP contribution is -1.99. The van der Waals surface area contributed by atoms with Crippen LogP contribution in [0.25, 0.3) is 0 Å². The Morgan fingerprint density at radius 2 is 1.89 bits per heavy atom. The van der Waals surface area contributed by atoms with Gasteiger partial charge in [0.2, 0.25) is 0 Å². The van der Waals surface area contributed by atoms with Gasteiger partial charge in [0.25, 0.3) is 0 Å². The first-order valence-electron chi connectivity index (χ1n) is 5.12. The average Bonchev–Trinajstić information content (AvgIpc) is 2.37. The number of halogens is 2. The minimum absolute atomic E-state index is 0.00796. The highest BCUT2D eigenvalue weighted by molar-refractivity contribution is 5.74. The molecule has 0 atom stereocenters. The number of benzene rings is 2. The molecular formula is C13H9F2N3. The Morgan fingerprint density at radius 3 is 2.56 bits per heavy atom. The van der Waals surface area contributed by atoms with E-state index >= 15 is 0 Å². The average molecular weight is 245 g/mol. The SMILES string of the molecule is N#Cc1ccc(Nc2cccc(F)c2F)c(N)c1. The summed E-state index contributed by atoms with van der Waals surface area (Å²) >= 11 is 0. The molecule has 0 bridgehead atoms. The topological polar surface area (TPSA) is 61.8 Å². The Balaban J connectivity index is 2.35. The highest BCUT2D eigenvalue weighted by Gasteiger charge is 2.09. The molecule has 0 aromatic heterocycles. The molecule has 90 valence electrons. The summed E-state index contributed by atoms with van der Waals surface area (Å²) in [6, 6.07) is 10.3. The maximum Gasteiger partial charge on any atom is 0.182 e. The van der Waals surface area contributed by atoms with Crippen molar-refractivity contribution in [3.05, 3.63) is 53.6 Å². The van der Waals surface area contributed by atoms with Crippen molar-refractivity contribution >= 4 is 17.1 Å². The van der Waals surface area contributed by atoms with Crippen molar-refractivity contribution in [1.29, 1.82) is 5.26 Å². The first-order chi connectivity index (χ1) is 8.61. The lowest BCUT2D eigenvalue weighted by Gasteiger charge is -2.10. The zero-order chi connectivity index (χ0) is 13.1. The highest BCUT2D eigenvalue weighted by Crippen LogP contribution is 2.26. The summed E-state index contributed by atoms with van der Waals surface area (Å²) in [5, 5.41) is 11.4. The summed E-state index contributed by atoms with van der Waals surface area (Å²) in [5.41, 5.74) is 6.80. The first-order valence-corrected chi connectivity index (χ1v) is 5.12. The third-order valence-corrected chi connectivity index (χ3v) is 2.40. The van der Waals surface area contributed by atoms with Crippen LogP contribution in [0.15, 0.2) is 36.4 Å². The number of hydrogen-bond donors (Lipinski definition) is 2. The molecule has 0 fully saturated rings. The summed E-state index contributed by atoms with van der Waals surface area (Å²) in [6.45, 7) is 0. The number of nitrogens with one attached hydrogen (secondary N) is 1. The molecule has 2 rings (SSSR count). The molecule has 5 heteroatoms. The Hall–Kier alpha value is -2.61. The van der Waals surface area contributed by atoms with E-state index in [0.29, 0.717) is 11.3 Å². The molecule has 18 heavy (non-hydrogen) atoms. The fourth-order valence-electron chi connectivity index (χ4n) is 1.49. The number of nitrogens with zero attached hydrogens (tertiary/aromatic N) is 1. The van der Waals surface area contributed by atoms with Gasteiger partial charge in [0.1, 0.15) is 0 Å². The fraction of sp³-hybridized carbons (Fsp3) is 0. The van der Waals surface area contributed by atoms with E-state index in [4.69, 9.17) is 11.0 Å². The number of nitriles is 1. The van der Waals surface area contributed by atoms with Gasteiger partial charge in [-0.1, -0.05) is 6.07 Å². The van der Waals surface area contributed by atoms with Gasteiger partial charge in [0.05, 0.1) is 28.7 Å². The molecule has 0 aliphatic heterocycles. The largest absolute Gasteiger partial charge is 0.397 e. The maximum absolute atomic E-state index is 13.4. The van der Waals surface area contributed by atoms with Gasteiger partial charge in [-0.05, 0) is 30.3 Å². The van der Waals surface area contributed by atoms with Crippen LogP contribution in [0, 0.1) is 23.0 Å². The van der Waals surface area contributed by atoms with Crippen molar-refractivity contribution in [2.45, 2.75) is 0 Å². The van der Waals surface area contributed by atoms with Gasteiger partial charge in [-0.15, -0.1) is 0 Å². The monoisotopic (exact) mass is 245 g/mol. The number of anilines is 3. The van der Waals surface area contributed by atoms with Crippen LogP contribution in [-0.2, 0) is 0 Å². The molecule has 0 radical (unpaired) electrons. The van der Waals surface area contributed by atoms with Gasteiger partial charge < -0.3 is 11.1 Å². The molecule has 2 aromatic rings. The van der Waals surface area contributed by atoms with Gasteiger partial charge >= 0.3 is 0 Å². The van der Waals surface area contributed by atoms with E-state index in [9.17, 15) is 8.78 Å². The number of nitrogens with two attached hydrogens (primary N) is 1. The lowest BCUT2D eigenvalue weighted by atomic mass is 10.2. The van der Waals surface area contributed by atoms with Gasteiger partial charge in [-0.3, -0.25) is 0 Å². The zero-order valence-corrected chi connectivity index (χ0v) is 9.24. The van der Waals surface area contributed by atoms with E-state index in [2.05, 4.69) is 5.32 Å². The van der Waals surface area contributed by atoms with Crippen molar-refractivity contribution < 1.29 is 8.78 Å². The van der Waals surface area contributed by atoms with E-state index in [1.807, 2.05) is 6.07 Å². The predicted molar refractivity (Wildman–Crippen MR) is 65.2 cm³/mol. The molecule has 0 amide bonds. The van der Waals surface area contributed by atoms with Gasteiger partial charge in [-0.25, -0.2) is 8.78 Å². The van der Waals surface area contributed by atoms with E-state index in [-0.39, 0.29) is 11.4 Å². The normalized spacial score (nSPS) is 9.83. The third kappa shape index (κ3) is 2.23. The molecule has 0 aliphatic rings. The number of hydrogen-bond acceptors (Lipinski definition) is 3. The fourth-order valence-corrected chi connectivity index (χ4v) is 1.49. The summed E-state index contributed by atoms with van der Waals surface area (Å²) < 4.78 is 26.4. The molecular weight excluding hydrogens is 236 g/mol. The van der Waals surface area contributed by atoms with Crippen LogP contribution in [0.2, 0.25) is 0 Å². The van der Waals surface area contributed by atoms with Crippen LogP contribution in [0.4, 0.5) is 25.8 Å². The van der Waals surface area contributed by atoms with Crippen LogP contribution in [0.3, 0.4) is 0 Å². The quantitative estimate of drug-likeness (QED) is 0.799. The van der Waals surface area contributed by atoms with Crippen molar-refractivity contribution in [2.75, 3.05) is 11.1 Å². The predicted octanol–water partition coefficient (Wildman–Crippen LogP) is 3.16. The molecule has 3 N–H and O–H groups in total. The standard InChI is InChI=1S/C13H9F2N3/c14-9-2-1-3-12(13(9)15)18-11-5-4-8(7-16)6-10(11)17/h1-6,18H,17H2. The molecule has 0 aliphatic carbocycles. The minimum Gasteiger partial charge on any atom is -0.397 e. The second-order valence-corrected chi connectivity index (χ2v) is 3.64. The Bertz CT molecular complexity index is 633. The van der Waals surface area contributed by atoms with E-state index < -0.39 is 11.6 Å². The Labute approximate surface area is 102 Å². The van der Waals surface area contributed by atoms with Crippen LogP contribution >= 0.6 is 0 Å². The molecule has 2 aromatic carbocycles. The van der Waals surface area contributed by atoms with Crippen LogP contribution in [0.5, 0.6) is 0 Å². The van der Waals surface area contributed by atoms with Crippen LogP contribution in [0.1, 0.15) is 5.56 Å². The van der Waals surface area contributed by atoms with Crippen molar-refractivity contribution in [2.24, 2.45) is 0 Å². The first kappa shape index (κ1) is 11.9. The highest BCUT2D eigenvalue weighted by atomic mass is 19.2. The van der Waals surface area contributed by atoms with Crippen LogP contribution in [-0.4, -0.2) is 0 Å². The molecule has 0 saturated heterocycles. The van der Waals surface area contributed by atoms with Gasteiger partial charge in [0.15, 0.2) is 11.6 Å². The Kier molecular flexibility index (Phi) is 3.11.